The van der Waals surface area contributed by atoms with Gasteiger partial charge in [0.1, 0.15) is 29.4 Å². The lowest BCUT2D eigenvalue weighted by molar-refractivity contribution is -0.293. The number of hydrogen-bond donors (Lipinski definition) is 5. The molecule has 2 heterocycles. The second-order valence-corrected chi connectivity index (χ2v) is 17.0. The molecule has 5 N–H and O–H groups in total. The van der Waals surface area contributed by atoms with Crippen LogP contribution in [0.25, 0.3) is 0 Å². The zero-order valence-electron chi connectivity index (χ0n) is 35.4. The van der Waals surface area contributed by atoms with Gasteiger partial charge in [0.2, 0.25) is 0 Å². The Morgan fingerprint density at radius 1 is 1.04 bits per heavy atom. The van der Waals surface area contributed by atoms with Crippen LogP contribution in [0, 0.1) is 30.5 Å². The average molecular weight is 804 g/mol. The molecule has 2 aromatic carbocycles. The summed E-state index contributed by atoms with van der Waals surface area (Å²) in [5.74, 6) is -3.19. The first-order valence-corrected chi connectivity index (χ1v) is 20.1. The van der Waals surface area contributed by atoms with Crippen molar-refractivity contribution in [2.45, 2.75) is 148 Å². The molecule has 14 atom stereocenters. The first-order chi connectivity index (χ1) is 26.6. The van der Waals surface area contributed by atoms with Gasteiger partial charge in [0, 0.05) is 31.7 Å². The van der Waals surface area contributed by atoms with Crippen molar-refractivity contribution < 1.29 is 53.4 Å². The Labute approximate surface area is 337 Å². The zero-order chi connectivity index (χ0) is 42.6. The van der Waals surface area contributed by atoms with Crippen molar-refractivity contribution in [3.63, 3.8) is 0 Å². The van der Waals surface area contributed by atoms with E-state index in [1.54, 1.807) is 53.6 Å². The Balaban J connectivity index is 1.77. The number of carbonyl (C=O) groups excluding carboxylic acids is 2. The van der Waals surface area contributed by atoms with E-state index in [4.69, 9.17) is 18.9 Å². The lowest BCUT2D eigenvalue weighted by atomic mass is 9.78. The van der Waals surface area contributed by atoms with Gasteiger partial charge in [-0.05, 0) is 109 Å². The predicted octanol–water partition coefficient (Wildman–Crippen LogP) is 4.79. The number of rotatable bonds is 7. The Bertz CT molecular complexity index is 1630. The molecule has 2 amide bonds. The third kappa shape index (κ3) is 10.8. The van der Waals surface area contributed by atoms with Crippen molar-refractivity contribution in [2.24, 2.45) is 17.8 Å². The van der Waals surface area contributed by atoms with Gasteiger partial charge in [0.15, 0.2) is 12.4 Å². The summed E-state index contributed by atoms with van der Waals surface area (Å²) in [6.45, 7) is 15.4. The number of halogens is 1. The van der Waals surface area contributed by atoms with Gasteiger partial charge in [0.05, 0.1) is 35.9 Å². The number of nitrogens with zero attached hydrogens (tertiary/aromatic N) is 2. The van der Waals surface area contributed by atoms with Crippen molar-refractivity contribution in [3.05, 3.63) is 59.9 Å². The third-order valence-electron chi connectivity index (χ3n) is 11.9. The molecule has 14 heteroatoms. The van der Waals surface area contributed by atoms with Gasteiger partial charge >= 0.3 is 12.0 Å². The molecular formula is C43H66FN3O10. The summed E-state index contributed by atoms with van der Waals surface area (Å²) in [4.78, 5) is 30.8. The maximum absolute atomic E-state index is 14.3. The van der Waals surface area contributed by atoms with E-state index in [0.29, 0.717) is 30.0 Å². The highest BCUT2D eigenvalue weighted by atomic mass is 19.1. The van der Waals surface area contributed by atoms with Crippen LogP contribution < -0.4 is 15.0 Å². The average Bonchev–Trinajstić information content (AvgIpc) is 3.17. The lowest BCUT2D eigenvalue weighted by Crippen LogP contribution is -2.62. The minimum absolute atomic E-state index is 0.145. The number of para-hydroxylation sites is 1. The minimum Gasteiger partial charge on any atom is -0.483 e. The molecular weight excluding hydrogens is 737 g/mol. The summed E-state index contributed by atoms with van der Waals surface area (Å²) in [5, 5.41) is 50.2. The monoisotopic (exact) mass is 803 g/mol. The second-order valence-electron chi connectivity index (χ2n) is 17.0. The zero-order valence-corrected chi connectivity index (χ0v) is 35.4. The number of hydrogen-bond acceptors (Lipinski definition) is 11. The van der Waals surface area contributed by atoms with Crippen LogP contribution in [0.5, 0.6) is 5.75 Å². The molecule has 0 saturated carbocycles. The molecule has 320 valence electrons. The van der Waals surface area contributed by atoms with Crippen molar-refractivity contribution in [3.8, 4) is 5.75 Å². The van der Waals surface area contributed by atoms with E-state index in [0.717, 1.165) is 0 Å². The molecule has 2 aromatic rings. The van der Waals surface area contributed by atoms with E-state index < -0.39 is 89.8 Å². The van der Waals surface area contributed by atoms with Gasteiger partial charge in [-0.15, -0.1) is 0 Å². The van der Waals surface area contributed by atoms with Crippen LogP contribution in [0.15, 0.2) is 48.5 Å². The van der Waals surface area contributed by atoms with Crippen molar-refractivity contribution in [1.82, 2.24) is 10.2 Å². The molecule has 0 radical (unpaired) electrons. The lowest BCUT2D eigenvalue weighted by Gasteiger charge is -2.48. The van der Waals surface area contributed by atoms with Crippen LogP contribution in [0.3, 0.4) is 0 Å². The largest absolute Gasteiger partial charge is 0.483 e. The fourth-order valence-corrected chi connectivity index (χ4v) is 8.38. The van der Waals surface area contributed by atoms with Crippen molar-refractivity contribution in [2.75, 3.05) is 25.5 Å². The number of aryl methyl sites for hydroxylation is 1. The SMILES string of the molecule is CC[C@H]1OC(=O)[C@H](C)[C@@H](O)[C@H](C)[C@@H](O[C@@H]2O[C@H](C)C[C@H](N(C)C(=O)N(C)c3ccccc3)[C@H]2Oc2ccc(F)cc2C)[C@](C)(O)C[C@@H](C)CN[C@H](C)[C@@H](O)[C@]1(C)O. The first kappa shape index (κ1) is 46.3. The van der Waals surface area contributed by atoms with E-state index in [1.807, 2.05) is 44.2 Å². The summed E-state index contributed by atoms with van der Waals surface area (Å²) in [6.07, 6.45) is -7.05. The highest BCUT2D eigenvalue weighted by Crippen LogP contribution is 2.38. The maximum Gasteiger partial charge on any atom is 0.324 e. The van der Waals surface area contributed by atoms with Gasteiger partial charge in [-0.25, -0.2) is 9.18 Å². The first-order valence-electron chi connectivity index (χ1n) is 20.1. The second kappa shape index (κ2) is 19.1. The number of aliphatic hydroxyl groups is 4. The maximum atomic E-state index is 14.3. The normalized spacial score (nSPS) is 37.3. The van der Waals surface area contributed by atoms with Gasteiger partial charge in [0.25, 0.3) is 0 Å². The van der Waals surface area contributed by atoms with Gasteiger partial charge in [-0.1, -0.05) is 39.0 Å². The van der Waals surface area contributed by atoms with Crippen LogP contribution in [-0.2, 0) is 19.0 Å². The summed E-state index contributed by atoms with van der Waals surface area (Å²) in [7, 11) is 3.35. The van der Waals surface area contributed by atoms with E-state index >= 15 is 0 Å². The quantitative estimate of drug-likeness (QED) is 0.244. The summed E-state index contributed by atoms with van der Waals surface area (Å²) < 4.78 is 40.0. The van der Waals surface area contributed by atoms with Crippen molar-refractivity contribution >= 4 is 17.7 Å². The summed E-state index contributed by atoms with van der Waals surface area (Å²) >= 11 is 0. The Hall–Kier alpha value is -3.37. The Morgan fingerprint density at radius 2 is 1.68 bits per heavy atom. The molecule has 0 unspecified atom stereocenters. The van der Waals surface area contributed by atoms with E-state index in [2.05, 4.69) is 5.32 Å². The topological polar surface area (TPSA) is 170 Å². The number of aliphatic hydroxyl groups excluding tert-OH is 2. The molecule has 13 nitrogen and oxygen atoms in total. The van der Waals surface area contributed by atoms with E-state index in [-0.39, 0.29) is 24.8 Å². The number of anilines is 1. The van der Waals surface area contributed by atoms with Crippen LogP contribution in [0.4, 0.5) is 14.9 Å². The number of benzene rings is 2. The molecule has 2 saturated heterocycles. The minimum atomic E-state index is -1.82. The molecule has 0 aliphatic carbocycles. The molecule has 2 fully saturated rings. The van der Waals surface area contributed by atoms with Crippen molar-refractivity contribution in [1.29, 1.82) is 0 Å². The summed E-state index contributed by atoms with van der Waals surface area (Å²) in [5.41, 5.74) is -2.29. The molecule has 0 spiro atoms. The molecule has 0 bridgehead atoms. The fourth-order valence-electron chi connectivity index (χ4n) is 8.38. The van der Waals surface area contributed by atoms with Gasteiger partial charge < -0.3 is 49.6 Å². The molecule has 4 rings (SSSR count). The Kier molecular flexibility index (Phi) is 15.5. The number of carbonyl (C=O) groups is 2. The Morgan fingerprint density at radius 3 is 2.30 bits per heavy atom. The number of esters is 1. The van der Waals surface area contributed by atoms with E-state index in [1.165, 1.54) is 36.9 Å². The highest BCUT2D eigenvalue weighted by Gasteiger charge is 2.51. The van der Waals surface area contributed by atoms with Gasteiger partial charge in [-0.2, -0.15) is 0 Å². The number of amides is 2. The van der Waals surface area contributed by atoms with E-state index in [9.17, 15) is 34.4 Å². The number of cyclic esters (lactones) is 1. The fraction of sp³-hybridized carbons (Fsp3) is 0.674. The number of urea groups is 1. The smallest absolute Gasteiger partial charge is 0.324 e. The van der Waals surface area contributed by atoms with Crippen LogP contribution >= 0.6 is 0 Å². The molecule has 2 aliphatic rings. The third-order valence-corrected chi connectivity index (χ3v) is 11.9. The number of ether oxygens (including phenoxy) is 4. The summed E-state index contributed by atoms with van der Waals surface area (Å²) in [6, 6.07) is 11.7. The van der Waals surface area contributed by atoms with Gasteiger partial charge in [-0.3, -0.25) is 9.69 Å². The standard InChI is InChI=1S/C43H66FN3O10/c1-12-34-43(9,53)37(49)29(7)45-23-24(2)22-42(8,52)38(27(5)35(48)28(6)39(50)56-34)57-40-36(55-33-19-18-30(44)20-25(33)3)32(21-26(4)54-40)47(11)41(51)46(10)31-16-14-13-15-17-31/h13-20,24,26-29,32,34-38,40,45,48-49,52-53H,12,21-23H2,1-11H3/t24-,26-,27+,28-,29-,32+,34-,35+,36-,37-,38-,40+,42-,43-/m1/s1. The van der Waals surface area contributed by atoms with Crippen LogP contribution in [0.1, 0.15) is 80.2 Å². The predicted molar refractivity (Wildman–Crippen MR) is 214 cm³/mol. The number of likely N-dealkylation sites (N-methyl/N-ethyl adjacent to an activating group) is 1. The number of nitrogens with one attached hydrogen (secondary N) is 1. The highest BCUT2D eigenvalue weighted by molar-refractivity contribution is 5.91. The van der Waals surface area contributed by atoms with Crippen LogP contribution in [-0.4, -0.2) is 124 Å². The molecule has 0 aromatic heterocycles. The van der Waals surface area contributed by atoms with Crippen LogP contribution in [0.2, 0.25) is 0 Å². The molecule has 2 aliphatic heterocycles. The molecule has 57 heavy (non-hydrogen) atoms.